The van der Waals surface area contributed by atoms with Crippen molar-refractivity contribution in [1.82, 2.24) is 10.1 Å². The molecule has 7 heteroatoms. The van der Waals surface area contributed by atoms with Gasteiger partial charge >= 0.3 is 0 Å². The molecule has 0 saturated heterocycles. The summed E-state index contributed by atoms with van der Waals surface area (Å²) < 4.78 is 5.44. The van der Waals surface area contributed by atoms with Gasteiger partial charge in [-0.25, -0.2) is 0 Å². The average Bonchev–Trinajstić information content (AvgIpc) is 3.28. The quantitative estimate of drug-likeness (QED) is 0.778. The third-order valence-electron chi connectivity index (χ3n) is 4.59. The van der Waals surface area contributed by atoms with E-state index in [0.717, 1.165) is 16.1 Å². The summed E-state index contributed by atoms with van der Waals surface area (Å²) in [5.74, 6) is 0.629. The van der Waals surface area contributed by atoms with Crippen molar-refractivity contribution < 1.29 is 9.32 Å². The van der Waals surface area contributed by atoms with Gasteiger partial charge in [-0.1, -0.05) is 29.4 Å². The lowest BCUT2D eigenvalue weighted by Crippen LogP contribution is -2.41. The van der Waals surface area contributed by atoms with Crippen LogP contribution in [0.2, 0.25) is 0 Å². The highest BCUT2D eigenvalue weighted by Gasteiger charge is 2.33. The third kappa shape index (κ3) is 2.91. The first-order valence-corrected chi connectivity index (χ1v) is 9.03. The topological polar surface area (TPSA) is 85.3 Å². The van der Waals surface area contributed by atoms with Gasteiger partial charge in [-0.3, -0.25) is 4.79 Å². The maximum atomic E-state index is 11.8. The fourth-order valence-electron chi connectivity index (χ4n) is 3.36. The SMILES string of the molecule is C[C@@H]1C[C@@H](C(N)=O)c2ccccc2N1Cc1nc(-c2cccs2)no1. The molecule has 25 heavy (non-hydrogen) atoms. The minimum absolute atomic E-state index is 0.143. The molecule has 1 aromatic carbocycles. The van der Waals surface area contributed by atoms with Crippen LogP contribution in [0.4, 0.5) is 5.69 Å². The van der Waals surface area contributed by atoms with Crippen LogP contribution in [-0.2, 0) is 11.3 Å². The van der Waals surface area contributed by atoms with Crippen LogP contribution in [0.15, 0.2) is 46.3 Å². The van der Waals surface area contributed by atoms with Gasteiger partial charge in [0, 0.05) is 11.7 Å². The van der Waals surface area contributed by atoms with Crippen LogP contribution in [0.25, 0.3) is 10.7 Å². The highest BCUT2D eigenvalue weighted by Crippen LogP contribution is 2.39. The van der Waals surface area contributed by atoms with Crippen LogP contribution < -0.4 is 10.6 Å². The maximum Gasteiger partial charge on any atom is 0.246 e. The number of fused-ring (bicyclic) bond motifs is 1. The third-order valence-corrected chi connectivity index (χ3v) is 5.45. The number of benzene rings is 1. The summed E-state index contributed by atoms with van der Waals surface area (Å²) in [5, 5.41) is 6.06. The Bertz CT molecular complexity index is 890. The van der Waals surface area contributed by atoms with Crippen LogP contribution in [0.5, 0.6) is 0 Å². The number of carbonyl (C=O) groups excluding carboxylic acids is 1. The number of nitrogens with zero attached hydrogens (tertiary/aromatic N) is 3. The molecule has 3 heterocycles. The van der Waals surface area contributed by atoms with E-state index in [0.29, 0.717) is 24.7 Å². The van der Waals surface area contributed by atoms with E-state index in [4.69, 9.17) is 10.3 Å². The van der Waals surface area contributed by atoms with Gasteiger partial charge in [-0.2, -0.15) is 4.98 Å². The molecule has 1 aliphatic heterocycles. The van der Waals surface area contributed by atoms with Crippen LogP contribution in [0, 0.1) is 0 Å². The molecule has 0 spiro atoms. The first-order chi connectivity index (χ1) is 12.1. The molecule has 128 valence electrons. The Morgan fingerprint density at radius 3 is 2.96 bits per heavy atom. The Morgan fingerprint density at radius 1 is 1.36 bits per heavy atom. The standard InChI is InChI=1S/C18H18N4O2S/c1-11-9-13(17(19)23)12-5-2-3-6-14(12)22(11)10-16-20-18(21-24-16)15-7-4-8-25-15/h2-8,11,13H,9-10H2,1H3,(H2,19,23)/t11-,13-/m1/s1. The first kappa shape index (κ1) is 15.8. The van der Waals surface area contributed by atoms with Crippen molar-refractivity contribution in [2.45, 2.75) is 31.8 Å². The Kier molecular flexibility index (Phi) is 4.01. The smallest absolute Gasteiger partial charge is 0.246 e. The number of primary amides is 1. The van der Waals surface area contributed by atoms with Crippen molar-refractivity contribution >= 4 is 22.9 Å². The van der Waals surface area contributed by atoms with E-state index < -0.39 is 0 Å². The fraction of sp³-hybridized carbons (Fsp3) is 0.278. The van der Waals surface area contributed by atoms with Gasteiger partial charge in [0.2, 0.25) is 17.6 Å². The number of hydrogen-bond acceptors (Lipinski definition) is 6. The van der Waals surface area contributed by atoms with Gasteiger partial charge in [0.05, 0.1) is 17.3 Å². The normalized spacial score (nSPS) is 19.6. The van der Waals surface area contributed by atoms with Crippen LogP contribution in [0.1, 0.15) is 30.7 Å². The number of nitrogens with two attached hydrogens (primary N) is 1. The Balaban J connectivity index is 1.64. The lowest BCUT2D eigenvalue weighted by atomic mass is 9.85. The van der Waals surface area contributed by atoms with Crippen molar-refractivity contribution in [2.24, 2.45) is 5.73 Å². The summed E-state index contributed by atoms with van der Waals surface area (Å²) in [6, 6.07) is 12.0. The molecule has 0 bridgehead atoms. The van der Waals surface area contributed by atoms with Crippen molar-refractivity contribution in [3.8, 4) is 10.7 Å². The zero-order chi connectivity index (χ0) is 17.4. The molecule has 2 aromatic heterocycles. The number of thiophene rings is 1. The summed E-state index contributed by atoms with van der Waals surface area (Å²) in [6.07, 6.45) is 0.679. The van der Waals surface area contributed by atoms with Crippen LogP contribution in [-0.4, -0.2) is 22.1 Å². The molecular weight excluding hydrogens is 336 g/mol. The molecule has 0 fully saturated rings. The van der Waals surface area contributed by atoms with E-state index in [9.17, 15) is 4.79 Å². The van der Waals surface area contributed by atoms with Gasteiger partial charge < -0.3 is 15.2 Å². The van der Waals surface area contributed by atoms with Crippen LogP contribution >= 0.6 is 11.3 Å². The number of carbonyl (C=O) groups is 1. The van der Waals surface area contributed by atoms with Crippen LogP contribution in [0.3, 0.4) is 0 Å². The average molecular weight is 354 g/mol. The summed E-state index contributed by atoms with van der Waals surface area (Å²) >= 11 is 1.58. The molecule has 6 nitrogen and oxygen atoms in total. The first-order valence-electron chi connectivity index (χ1n) is 8.15. The minimum atomic E-state index is -0.281. The largest absolute Gasteiger partial charge is 0.369 e. The minimum Gasteiger partial charge on any atom is -0.369 e. The molecule has 1 amide bonds. The van der Waals surface area contributed by atoms with Crippen molar-refractivity contribution in [2.75, 3.05) is 4.90 Å². The van der Waals surface area contributed by atoms with Crippen molar-refractivity contribution in [1.29, 1.82) is 0 Å². The van der Waals surface area contributed by atoms with Gasteiger partial charge in [-0.15, -0.1) is 11.3 Å². The molecule has 0 unspecified atom stereocenters. The van der Waals surface area contributed by atoms with E-state index in [1.165, 1.54) is 0 Å². The highest BCUT2D eigenvalue weighted by atomic mass is 32.1. The molecule has 4 rings (SSSR count). The molecular formula is C18H18N4O2S. The number of anilines is 1. The van der Waals surface area contributed by atoms with E-state index in [2.05, 4.69) is 22.0 Å². The summed E-state index contributed by atoms with van der Waals surface area (Å²) in [7, 11) is 0. The number of rotatable bonds is 4. The Morgan fingerprint density at radius 2 is 2.20 bits per heavy atom. The van der Waals surface area contributed by atoms with Gasteiger partial charge in [0.1, 0.15) is 0 Å². The second kappa shape index (κ2) is 6.33. The molecule has 0 aliphatic carbocycles. The lowest BCUT2D eigenvalue weighted by molar-refractivity contribution is -0.119. The number of amides is 1. The molecule has 0 radical (unpaired) electrons. The molecule has 0 saturated carbocycles. The highest BCUT2D eigenvalue weighted by molar-refractivity contribution is 7.13. The second-order valence-corrected chi connectivity index (χ2v) is 7.16. The summed E-state index contributed by atoms with van der Waals surface area (Å²) in [4.78, 5) is 19.5. The number of hydrogen-bond donors (Lipinski definition) is 1. The molecule has 2 atom stereocenters. The lowest BCUT2D eigenvalue weighted by Gasteiger charge is -2.39. The van der Waals surface area contributed by atoms with E-state index >= 15 is 0 Å². The summed E-state index contributed by atoms with van der Waals surface area (Å²) in [6.45, 7) is 2.59. The van der Waals surface area contributed by atoms with Crippen molar-refractivity contribution in [3.63, 3.8) is 0 Å². The predicted octanol–water partition coefficient (Wildman–Crippen LogP) is 3.17. The van der Waals surface area contributed by atoms with Gasteiger partial charge in [0.25, 0.3) is 0 Å². The maximum absolute atomic E-state index is 11.8. The monoisotopic (exact) mass is 354 g/mol. The molecule has 2 N–H and O–H groups in total. The van der Waals surface area contributed by atoms with Gasteiger partial charge in [-0.05, 0) is 36.4 Å². The number of aromatic nitrogens is 2. The second-order valence-electron chi connectivity index (χ2n) is 6.22. The molecule has 1 aliphatic rings. The van der Waals surface area contributed by atoms with E-state index in [-0.39, 0.29) is 17.9 Å². The zero-order valence-electron chi connectivity index (χ0n) is 13.8. The van der Waals surface area contributed by atoms with Gasteiger partial charge in [0.15, 0.2) is 0 Å². The zero-order valence-corrected chi connectivity index (χ0v) is 14.6. The Hall–Kier alpha value is -2.67. The number of para-hydroxylation sites is 1. The fourth-order valence-corrected chi connectivity index (χ4v) is 4.01. The van der Waals surface area contributed by atoms with E-state index in [1.807, 2.05) is 41.8 Å². The summed E-state index contributed by atoms with van der Waals surface area (Å²) in [5.41, 5.74) is 7.57. The molecule has 3 aromatic rings. The predicted molar refractivity (Wildman–Crippen MR) is 96.3 cm³/mol. The van der Waals surface area contributed by atoms with E-state index in [1.54, 1.807) is 11.3 Å². The van der Waals surface area contributed by atoms with Crippen molar-refractivity contribution in [3.05, 3.63) is 53.2 Å². The Labute approximate surface area is 149 Å².